The Morgan fingerprint density at radius 3 is 2.76 bits per heavy atom. The molecule has 0 spiro atoms. The molecule has 3 aromatic rings. The van der Waals surface area contributed by atoms with Crippen LogP contribution in [0.2, 0.25) is 5.02 Å². The highest BCUT2D eigenvalue weighted by Gasteiger charge is 2.18. The summed E-state index contributed by atoms with van der Waals surface area (Å²) in [6.45, 7) is 0. The highest BCUT2D eigenvalue weighted by Crippen LogP contribution is 2.29. The summed E-state index contributed by atoms with van der Waals surface area (Å²) in [5.74, 6) is 0. The van der Waals surface area contributed by atoms with Crippen LogP contribution < -0.4 is 4.72 Å². The van der Waals surface area contributed by atoms with Crippen molar-refractivity contribution in [2.75, 3.05) is 4.72 Å². The van der Waals surface area contributed by atoms with Gasteiger partial charge in [0.05, 0.1) is 16.2 Å². The van der Waals surface area contributed by atoms with E-state index in [0.29, 0.717) is 21.6 Å². The van der Waals surface area contributed by atoms with Gasteiger partial charge in [-0.05, 0) is 30.3 Å². The predicted octanol–water partition coefficient (Wildman–Crippen LogP) is 2.42. The number of anilines is 1. The zero-order chi connectivity index (χ0) is 15.0. The molecule has 2 heterocycles. The molecule has 0 atom stereocenters. The first-order valence-electron chi connectivity index (χ1n) is 6.03. The van der Waals surface area contributed by atoms with E-state index in [0.717, 1.165) is 0 Å². The zero-order valence-electron chi connectivity index (χ0n) is 11.0. The summed E-state index contributed by atoms with van der Waals surface area (Å²) < 4.78 is 28.5. The van der Waals surface area contributed by atoms with E-state index in [4.69, 9.17) is 11.6 Å². The number of hydrogen-bond acceptors (Lipinski definition) is 4. The monoisotopic (exact) mass is 322 g/mol. The average molecular weight is 323 g/mol. The number of rotatable bonds is 3. The summed E-state index contributed by atoms with van der Waals surface area (Å²) in [6.07, 6.45) is 3.17. The van der Waals surface area contributed by atoms with Crippen LogP contribution >= 0.6 is 11.6 Å². The van der Waals surface area contributed by atoms with Gasteiger partial charge in [-0.3, -0.25) is 14.4 Å². The number of nitrogens with zero attached hydrogens (tertiary/aromatic N) is 3. The van der Waals surface area contributed by atoms with Crippen molar-refractivity contribution in [1.29, 1.82) is 0 Å². The van der Waals surface area contributed by atoms with Gasteiger partial charge >= 0.3 is 0 Å². The maximum absolute atomic E-state index is 12.3. The van der Waals surface area contributed by atoms with E-state index in [1.54, 1.807) is 43.7 Å². The van der Waals surface area contributed by atoms with E-state index >= 15 is 0 Å². The molecule has 0 radical (unpaired) electrons. The first-order chi connectivity index (χ1) is 9.97. The van der Waals surface area contributed by atoms with Crippen molar-refractivity contribution in [3.63, 3.8) is 0 Å². The molecule has 8 heteroatoms. The van der Waals surface area contributed by atoms with Gasteiger partial charge in [0, 0.05) is 24.8 Å². The molecule has 1 N–H and O–H groups in total. The molecule has 0 fully saturated rings. The molecular weight excluding hydrogens is 312 g/mol. The Morgan fingerprint density at radius 1 is 1.24 bits per heavy atom. The van der Waals surface area contributed by atoms with Gasteiger partial charge in [-0.2, -0.15) is 13.5 Å². The van der Waals surface area contributed by atoms with Crippen LogP contribution in [0.5, 0.6) is 0 Å². The Bertz CT molecular complexity index is 921. The molecule has 108 valence electrons. The fourth-order valence-electron chi connectivity index (χ4n) is 1.96. The van der Waals surface area contributed by atoms with E-state index in [9.17, 15) is 8.42 Å². The van der Waals surface area contributed by atoms with Crippen LogP contribution in [0, 0.1) is 0 Å². The van der Waals surface area contributed by atoms with Crippen LogP contribution in [0.1, 0.15) is 0 Å². The molecule has 0 bridgehead atoms. The number of nitrogens with one attached hydrogen (secondary N) is 1. The Labute approximate surface area is 126 Å². The lowest BCUT2D eigenvalue weighted by Crippen LogP contribution is -2.14. The highest BCUT2D eigenvalue weighted by atomic mass is 35.5. The van der Waals surface area contributed by atoms with Crippen LogP contribution in [-0.2, 0) is 17.1 Å². The van der Waals surface area contributed by atoms with E-state index < -0.39 is 10.0 Å². The topological polar surface area (TPSA) is 76.9 Å². The van der Waals surface area contributed by atoms with Crippen molar-refractivity contribution in [2.45, 2.75) is 5.03 Å². The molecule has 6 nitrogen and oxygen atoms in total. The molecule has 1 aromatic carbocycles. The number of pyridine rings is 1. The molecule has 0 saturated heterocycles. The van der Waals surface area contributed by atoms with Crippen LogP contribution in [0.25, 0.3) is 10.9 Å². The van der Waals surface area contributed by atoms with Gasteiger partial charge in [0.15, 0.2) is 5.03 Å². The molecule has 0 saturated carbocycles. The van der Waals surface area contributed by atoms with Crippen LogP contribution in [0.4, 0.5) is 5.69 Å². The third-order valence-corrected chi connectivity index (χ3v) is 4.49. The molecule has 2 aromatic heterocycles. The average Bonchev–Trinajstić information content (AvgIpc) is 2.90. The number of aromatic nitrogens is 3. The summed E-state index contributed by atoms with van der Waals surface area (Å²) in [4.78, 5) is 4.16. The van der Waals surface area contributed by atoms with Crippen molar-refractivity contribution in [2.24, 2.45) is 7.05 Å². The van der Waals surface area contributed by atoms with Gasteiger partial charge in [0.1, 0.15) is 0 Å². The molecule has 0 aliphatic rings. The summed E-state index contributed by atoms with van der Waals surface area (Å²) >= 11 is 6.07. The van der Waals surface area contributed by atoms with Crippen molar-refractivity contribution in [3.8, 4) is 0 Å². The maximum atomic E-state index is 12.3. The van der Waals surface area contributed by atoms with E-state index in [1.165, 1.54) is 10.7 Å². The van der Waals surface area contributed by atoms with E-state index in [-0.39, 0.29) is 5.03 Å². The van der Waals surface area contributed by atoms with Gasteiger partial charge in [-0.25, -0.2) is 0 Å². The molecule has 3 rings (SSSR count). The minimum absolute atomic E-state index is 0.0445. The lowest BCUT2D eigenvalue weighted by atomic mass is 10.2. The Kier molecular flexibility index (Phi) is 3.30. The first kappa shape index (κ1) is 13.8. The van der Waals surface area contributed by atoms with Gasteiger partial charge < -0.3 is 0 Å². The maximum Gasteiger partial charge on any atom is 0.281 e. The van der Waals surface area contributed by atoms with Gasteiger partial charge in [-0.15, -0.1) is 0 Å². The standard InChI is InChI=1S/C13H11ClN4O2S/c1-18-8-6-12(16-18)21(19,20)17-11-5-4-10(14)13-9(11)3-2-7-15-13/h2-8,17H,1H3. The number of hydrogen-bond donors (Lipinski definition) is 1. The Balaban J connectivity index is 2.08. The number of aryl methyl sites for hydroxylation is 1. The number of fused-ring (bicyclic) bond motifs is 1. The second-order valence-electron chi connectivity index (χ2n) is 4.43. The lowest BCUT2D eigenvalue weighted by molar-refractivity contribution is 0.593. The summed E-state index contributed by atoms with van der Waals surface area (Å²) in [6, 6.07) is 8.11. The van der Waals surface area contributed by atoms with Crippen LogP contribution in [-0.4, -0.2) is 23.2 Å². The second kappa shape index (κ2) is 5.01. The molecule has 0 aliphatic heterocycles. The van der Waals surface area contributed by atoms with Crippen molar-refractivity contribution in [3.05, 3.63) is 47.7 Å². The number of sulfonamides is 1. The molecule has 21 heavy (non-hydrogen) atoms. The third-order valence-electron chi connectivity index (χ3n) is 2.93. The van der Waals surface area contributed by atoms with Gasteiger partial charge in [-0.1, -0.05) is 11.6 Å². The lowest BCUT2D eigenvalue weighted by Gasteiger charge is -2.09. The van der Waals surface area contributed by atoms with Crippen molar-refractivity contribution < 1.29 is 8.42 Å². The summed E-state index contributed by atoms with van der Waals surface area (Å²) in [5, 5.41) is 4.95. The Hall–Kier alpha value is -2.12. The minimum Gasteiger partial charge on any atom is -0.278 e. The van der Waals surface area contributed by atoms with E-state index in [1.807, 2.05) is 0 Å². The molecular formula is C13H11ClN4O2S. The molecule has 0 amide bonds. The number of halogens is 1. The normalized spacial score (nSPS) is 11.7. The van der Waals surface area contributed by atoms with E-state index in [2.05, 4.69) is 14.8 Å². The Morgan fingerprint density at radius 2 is 2.05 bits per heavy atom. The largest absolute Gasteiger partial charge is 0.281 e. The predicted molar refractivity (Wildman–Crippen MR) is 80.8 cm³/mol. The zero-order valence-corrected chi connectivity index (χ0v) is 12.6. The fraction of sp³-hybridized carbons (Fsp3) is 0.0769. The molecule has 0 unspecified atom stereocenters. The van der Waals surface area contributed by atoms with Crippen molar-refractivity contribution in [1.82, 2.24) is 14.8 Å². The summed E-state index contributed by atoms with van der Waals surface area (Å²) in [7, 11) is -2.10. The van der Waals surface area contributed by atoms with Crippen LogP contribution in [0.3, 0.4) is 0 Å². The quantitative estimate of drug-likeness (QED) is 0.803. The number of benzene rings is 1. The van der Waals surface area contributed by atoms with Gasteiger partial charge in [0.25, 0.3) is 10.0 Å². The first-order valence-corrected chi connectivity index (χ1v) is 7.89. The minimum atomic E-state index is -3.75. The second-order valence-corrected chi connectivity index (χ2v) is 6.46. The smallest absolute Gasteiger partial charge is 0.278 e. The van der Waals surface area contributed by atoms with Gasteiger partial charge in [0.2, 0.25) is 0 Å². The summed E-state index contributed by atoms with van der Waals surface area (Å²) in [5.41, 5.74) is 0.952. The fourth-order valence-corrected chi connectivity index (χ4v) is 3.22. The third kappa shape index (κ3) is 2.57. The van der Waals surface area contributed by atoms with Crippen LogP contribution in [0.15, 0.2) is 47.8 Å². The molecule has 0 aliphatic carbocycles. The SMILES string of the molecule is Cn1ccc(S(=O)(=O)Nc2ccc(Cl)c3ncccc23)n1. The van der Waals surface area contributed by atoms with Crippen molar-refractivity contribution >= 4 is 38.2 Å². The highest BCUT2D eigenvalue weighted by molar-refractivity contribution is 7.92.